The van der Waals surface area contributed by atoms with E-state index in [9.17, 15) is 27.2 Å². The number of halogens is 4. The van der Waals surface area contributed by atoms with Crippen LogP contribution >= 0.6 is 11.3 Å². The first kappa shape index (κ1) is 21.8. The van der Waals surface area contributed by atoms with E-state index in [0.29, 0.717) is 15.9 Å². The van der Waals surface area contributed by atoms with Crippen LogP contribution in [-0.2, 0) is 17.5 Å². The molecule has 0 radical (unpaired) electrons. The van der Waals surface area contributed by atoms with Crippen molar-refractivity contribution in [2.45, 2.75) is 12.7 Å². The molecule has 0 atom stereocenters. The van der Waals surface area contributed by atoms with Gasteiger partial charge in [-0.15, -0.1) is 16.4 Å². The van der Waals surface area contributed by atoms with Crippen molar-refractivity contribution in [1.29, 1.82) is 0 Å². The molecule has 0 aliphatic heterocycles. The van der Waals surface area contributed by atoms with Gasteiger partial charge in [0.05, 0.1) is 15.8 Å². The molecule has 34 heavy (non-hydrogen) atoms. The third-order valence-corrected chi connectivity index (χ3v) is 6.05. The van der Waals surface area contributed by atoms with Gasteiger partial charge in [-0.2, -0.15) is 13.2 Å². The van der Waals surface area contributed by atoms with E-state index in [2.05, 4.69) is 15.4 Å². The van der Waals surface area contributed by atoms with Gasteiger partial charge in [-0.25, -0.2) is 23.3 Å². The van der Waals surface area contributed by atoms with Crippen molar-refractivity contribution < 1.29 is 22.4 Å². The van der Waals surface area contributed by atoms with Gasteiger partial charge in [0.15, 0.2) is 5.65 Å². The van der Waals surface area contributed by atoms with Gasteiger partial charge in [0.2, 0.25) is 5.91 Å². The van der Waals surface area contributed by atoms with E-state index in [0.717, 1.165) is 40.1 Å². The molecule has 5 aromatic rings. The molecule has 12 heteroatoms. The molecule has 0 saturated heterocycles. The maximum Gasteiger partial charge on any atom is 0.416 e. The number of hydrogen-bond donors (Lipinski definition) is 1. The zero-order valence-corrected chi connectivity index (χ0v) is 17.8. The highest BCUT2D eigenvalue weighted by molar-refractivity contribution is 7.18. The van der Waals surface area contributed by atoms with Crippen LogP contribution in [-0.4, -0.2) is 25.1 Å². The molecule has 5 rings (SSSR count). The van der Waals surface area contributed by atoms with E-state index in [1.807, 2.05) is 5.38 Å². The summed E-state index contributed by atoms with van der Waals surface area (Å²) < 4.78 is 54.1. The predicted molar refractivity (Wildman–Crippen MR) is 118 cm³/mol. The van der Waals surface area contributed by atoms with Crippen LogP contribution in [0, 0.1) is 5.82 Å². The summed E-state index contributed by atoms with van der Waals surface area (Å²) in [7, 11) is 0. The number of carbonyl (C=O) groups is 1. The van der Waals surface area contributed by atoms with E-state index < -0.39 is 29.9 Å². The summed E-state index contributed by atoms with van der Waals surface area (Å²) in [5, 5.41) is 8.53. The Kier molecular flexibility index (Phi) is 5.16. The lowest BCUT2D eigenvalue weighted by atomic mass is 10.1. The first-order valence-corrected chi connectivity index (χ1v) is 10.7. The molecular weight excluding hydrogens is 474 g/mol. The Hall–Kier alpha value is -4.06. The first-order valence-electron chi connectivity index (χ1n) is 9.79. The number of carbonyl (C=O) groups excluding carboxylic acids is 1. The molecule has 1 N–H and O–H groups in total. The lowest BCUT2D eigenvalue weighted by Gasteiger charge is -2.08. The smallest absolute Gasteiger partial charge is 0.324 e. The number of thiophene rings is 1. The largest absolute Gasteiger partial charge is 0.416 e. The quantitative estimate of drug-likeness (QED) is 0.377. The molecule has 0 aliphatic rings. The van der Waals surface area contributed by atoms with E-state index in [1.165, 1.54) is 34.2 Å². The molecule has 1 amide bonds. The standard InChI is InChI=1S/C22H13F4N5O2S/c23-14-5-1-12(2-6-14)16-10-34-19-18(16)27-11-30-20(19)29-31(21(30)33)9-17(32)28-15-7-3-13(4-8-15)22(24,25)26/h1-8,10-11H,9H2,(H,28,32). The van der Waals surface area contributed by atoms with Crippen molar-refractivity contribution >= 4 is 38.8 Å². The molecule has 0 spiro atoms. The summed E-state index contributed by atoms with van der Waals surface area (Å²) in [6, 6.07) is 9.89. The third kappa shape index (κ3) is 3.92. The highest BCUT2D eigenvalue weighted by Gasteiger charge is 2.30. The van der Waals surface area contributed by atoms with Gasteiger partial charge in [0.1, 0.15) is 18.7 Å². The lowest BCUT2D eigenvalue weighted by molar-refractivity contribution is -0.137. The Bertz CT molecular complexity index is 1580. The molecular formula is C22H13F4N5O2S. The van der Waals surface area contributed by atoms with Crippen LogP contribution in [0.4, 0.5) is 23.2 Å². The first-order chi connectivity index (χ1) is 16.2. The Balaban J connectivity index is 1.42. The number of nitrogens with one attached hydrogen (secondary N) is 1. The second-order valence-electron chi connectivity index (χ2n) is 7.34. The van der Waals surface area contributed by atoms with Crippen molar-refractivity contribution in [1.82, 2.24) is 19.2 Å². The van der Waals surface area contributed by atoms with Crippen LogP contribution in [0.1, 0.15) is 5.56 Å². The third-order valence-electron chi connectivity index (χ3n) is 5.09. The van der Waals surface area contributed by atoms with Crippen molar-refractivity contribution in [2.24, 2.45) is 0 Å². The van der Waals surface area contributed by atoms with Gasteiger partial charge in [-0.3, -0.25) is 4.79 Å². The topological polar surface area (TPSA) is 81.3 Å². The van der Waals surface area contributed by atoms with Crippen LogP contribution in [0.5, 0.6) is 0 Å². The maximum absolute atomic E-state index is 13.3. The monoisotopic (exact) mass is 487 g/mol. The van der Waals surface area contributed by atoms with Crippen LogP contribution < -0.4 is 11.0 Å². The average Bonchev–Trinajstić information content (AvgIpc) is 3.36. The summed E-state index contributed by atoms with van der Waals surface area (Å²) in [4.78, 5) is 29.4. The fourth-order valence-electron chi connectivity index (χ4n) is 3.45. The second-order valence-corrected chi connectivity index (χ2v) is 8.22. The van der Waals surface area contributed by atoms with E-state index in [4.69, 9.17) is 0 Å². The number of aromatic nitrogens is 4. The molecule has 172 valence electrons. The Morgan fingerprint density at radius 3 is 2.44 bits per heavy atom. The van der Waals surface area contributed by atoms with E-state index in [-0.39, 0.29) is 11.5 Å². The van der Waals surface area contributed by atoms with Gasteiger partial charge < -0.3 is 5.32 Å². The van der Waals surface area contributed by atoms with Gasteiger partial charge >= 0.3 is 11.9 Å². The predicted octanol–water partition coefficient (Wildman–Crippen LogP) is 4.57. The molecule has 0 aliphatic carbocycles. The molecule has 0 bridgehead atoms. The van der Waals surface area contributed by atoms with Gasteiger partial charge in [-0.1, -0.05) is 12.1 Å². The van der Waals surface area contributed by atoms with Gasteiger partial charge in [-0.05, 0) is 42.0 Å². The lowest BCUT2D eigenvalue weighted by Crippen LogP contribution is -2.28. The van der Waals surface area contributed by atoms with Crippen molar-refractivity contribution in [3.63, 3.8) is 0 Å². The molecule has 0 saturated carbocycles. The minimum Gasteiger partial charge on any atom is -0.324 e. The van der Waals surface area contributed by atoms with Gasteiger partial charge in [0, 0.05) is 16.6 Å². The minimum absolute atomic E-state index is 0.154. The van der Waals surface area contributed by atoms with Crippen LogP contribution in [0.25, 0.3) is 27.0 Å². The highest BCUT2D eigenvalue weighted by atomic mass is 32.1. The molecule has 2 aromatic carbocycles. The summed E-state index contributed by atoms with van der Waals surface area (Å²) in [6.45, 7) is -0.445. The summed E-state index contributed by atoms with van der Waals surface area (Å²) in [6.07, 6.45) is -3.18. The van der Waals surface area contributed by atoms with Crippen LogP contribution in [0.3, 0.4) is 0 Å². The number of fused-ring (bicyclic) bond motifs is 3. The Morgan fingerprint density at radius 1 is 1.06 bits per heavy atom. The fraction of sp³-hybridized carbons (Fsp3) is 0.0909. The Labute approximate surface area is 191 Å². The maximum atomic E-state index is 13.3. The molecule has 7 nitrogen and oxygen atoms in total. The normalized spacial score (nSPS) is 11.9. The number of amides is 1. The number of hydrogen-bond acceptors (Lipinski definition) is 5. The minimum atomic E-state index is -4.48. The zero-order valence-electron chi connectivity index (χ0n) is 17.0. The summed E-state index contributed by atoms with van der Waals surface area (Å²) >= 11 is 1.31. The van der Waals surface area contributed by atoms with Crippen molar-refractivity contribution in [3.8, 4) is 11.1 Å². The van der Waals surface area contributed by atoms with Crippen LogP contribution in [0.15, 0.2) is 65.0 Å². The van der Waals surface area contributed by atoms with Crippen LogP contribution in [0.2, 0.25) is 0 Å². The zero-order chi connectivity index (χ0) is 24.0. The number of rotatable bonds is 4. The molecule has 3 heterocycles. The molecule has 0 fully saturated rings. The number of anilines is 1. The highest BCUT2D eigenvalue weighted by Crippen LogP contribution is 2.34. The van der Waals surface area contributed by atoms with Crippen molar-refractivity contribution in [2.75, 3.05) is 5.32 Å². The van der Waals surface area contributed by atoms with E-state index in [1.54, 1.807) is 12.1 Å². The van der Waals surface area contributed by atoms with E-state index >= 15 is 0 Å². The SMILES string of the molecule is O=C(Cn1nc2c3scc(-c4ccc(F)cc4)c3ncn2c1=O)Nc1ccc(C(F)(F)F)cc1. The summed E-state index contributed by atoms with van der Waals surface area (Å²) in [5.74, 6) is -0.994. The van der Waals surface area contributed by atoms with Gasteiger partial charge in [0.25, 0.3) is 0 Å². The Morgan fingerprint density at radius 2 is 1.76 bits per heavy atom. The number of nitrogens with zero attached hydrogens (tertiary/aromatic N) is 4. The molecule has 0 unspecified atom stereocenters. The fourth-order valence-corrected chi connectivity index (χ4v) is 4.45. The number of benzene rings is 2. The molecule has 3 aromatic heterocycles. The second kappa shape index (κ2) is 8.06. The van der Waals surface area contributed by atoms with Crippen molar-refractivity contribution in [3.05, 3.63) is 82.1 Å². The number of alkyl halides is 3. The summed E-state index contributed by atoms with van der Waals surface area (Å²) in [5.41, 5.74) is 1.11. The average molecular weight is 487 g/mol.